The lowest BCUT2D eigenvalue weighted by atomic mass is 10.2. The van der Waals surface area contributed by atoms with Gasteiger partial charge in [0.2, 0.25) is 0 Å². The molecular weight excluding hydrogens is 313 g/mol. The van der Waals surface area contributed by atoms with E-state index in [1.54, 1.807) is 24.3 Å². The zero-order valence-electron chi connectivity index (χ0n) is 9.56. The maximum atomic E-state index is 13.4. The molecule has 0 spiro atoms. The normalized spacial score (nSPS) is 9.74. The highest BCUT2D eigenvalue weighted by Gasteiger charge is 2.06. The zero-order chi connectivity index (χ0) is 13.8. The van der Waals surface area contributed by atoms with Gasteiger partial charge in [0.15, 0.2) is 6.29 Å². The van der Waals surface area contributed by atoms with Gasteiger partial charge < -0.3 is 4.74 Å². The van der Waals surface area contributed by atoms with Gasteiger partial charge in [-0.05, 0) is 46.3 Å². The summed E-state index contributed by atoms with van der Waals surface area (Å²) in [5.74, 6) is 0.104. The molecule has 0 aliphatic carbocycles. The fourth-order valence-corrected chi connectivity index (χ4v) is 1.90. The first-order valence-corrected chi connectivity index (χ1v) is 6.05. The van der Waals surface area contributed by atoms with E-state index in [1.165, 1.54) is 12.1 Å². The highest BCUT2D eigenvalue weighted by molar-refractivity contribution is 9.10. The molecule has 5 heteroatoms. The second kappa shape index (κ2) is 5.63. The third-order valence-corrected chi connectivity index (χ3v) is 3.08. The van der Waals surface area contributed by atoms with Crippen molar-refractivity contribution >= 4 is 22.2 Å². The highest BCUT2D eigenvalue weighted by Crippen LogP contribution is 2.27. The summed E-state index contributed by atoms with van der Waals surface area (Å²) in [5, 5.41) is 8.62. The smallest absolute Gasteiger partial charge is 0.151 e. The molecule has 0 radical (unpaired) electrons. The molecule has 94 valence electrons. The molecule has 2 aromatic rings. The predicted octanol–water partition coefficient (Wildman–Crippen LogP) is 4.06. The standard InChI is InChI=1S/C14H7BrFNO2/c15-13-5-11(4-2-10(13)8-18)19-12-3-1-9(7-17)14(16)6-12/h1-6,8H. The molecule has 0 aliphatic rings. The van der Waals surface area contributed by atoms with E-state index in [0.29, 0.717) is 15.8 Å². The number of rotatable bonds is 3. The van der Waals surface area contributed by atoms with Crippen LogP contribution in [0.4, 0.5) is 4.39 Å². The number of nitriles is 1. The molecule has 0 saturated heterocycles. The first-order valence-electron chi connectivity index (χ1n) is 5.26. The van der Waals surface area contributed by atoms with Gasteiger partial charge in [0.1, 0.15) is 23.4 Å². The molecule has 0 heterocycles. The van der Waals surface area contributed by atoms with Crippen LogP contribution in [-0.2, 0) is 0 Å². The largest absolute Gasteiger partial charge is 0.457 e. The van der Waals surface area contributed by atoms with Gasteiger partial charge in [-0.1, -0.05) is 0 Å². The molecule has 3 nitrogen and oxygen atoms in total. The molecule has 2 aromatic carbocycles. The van der Waals surface area contributed by atoms with Crippen LogP contribution in [0.15, 0.2) is 40.9 Å². The van der Waals surface area contributed by atoms with Crippen molar-refractivity contribution in [3.05, 3.63) is 57.8 Å². The summed E-state index contributed by atoms with van der Waals surface area (Å²) in [6.45, 7) is 0. The number of halogens is 2. The van der Waals surface area contributed by atoms with Gasteiger partial charge in [0.25, 0.3) is 0 Å². The van der Waals surface area contributed by atoms with E-state index in [0.717, 1.165) is 12.4 Å². The molecule has 2 rings (SSSR count). The monoisotopic (exact) mass is 319 g/mol. The Kier molecular flexibility index (Phi) is 3.93. The maximum Gasteiger partial charge on any atom is 0.151 e. The van der Waals surface area contributed by atoms with Crippen LogP contribution in [0.25, 0.3) is 0 Å². The van der Waals surface area contributed by atoms with Crippen LogP contribution in [0.2, 0.25) is 0 Å². The van der Waals surface area contributed by atoms with Crippen molar-refractivity contribution in [2.75, 3.05) is 0 Å². The Labute approximate surface area is 117 Å². The third kappa shape index (κ3) is 2.98. The van der Waals surface area contributed by atoms with Crippen molar-refractivity contribution in [3.8, 4) is 17.6 Å². The van der Waals surface area contributed by atoms with Gasteiger partial charge in [0, 0.05) is 16.1 Å². The van der Waals surface area contributed by atoms with E-state index in [-0.39, 0.29) is 11.3 Å². The summed E-state index contributed by atoms with van der Waals surface area (Å²) >= 11 is 3.23. The Morgan fingerprint density at radius 1 is 1.21 bits per heavy atom. The summed E-state index contributed by atoms with van der Waals surface area (Å²) in [4.78, 5) is 10.7. The molecule has 0 bridgehead atoms. The van der Waals surface area contributed by atoms with Crippen molar-refractivity contribution in [2.45, 2.75) is 0 Å². The number of carbonyl (C=O) groups is 1. The fourth-order valence-electron chi connectivity index (χ4n) is 1.45. The van der Waals surface area contributed by atoms with Crippen LogP contribution in [-0.4, -0.2) is 6.29 Å². The Morgan fingerprint density at radius 3 is 2.47 bits per heavy atom. The van der Waals surface area contributed by atoms with E-state index in [1.807, 2.05) is 0 Å². The average Bonchev–Trinajstić information content (AvgIpc) is 2.39. The quantitative estimate of drug-likeness (QED) is 0.801. The second-order valence-corrected chi connectivity index (χ2v) is 4.51. The molecular formula is C14H7BrFNO2. The average molecular weight is 320 g/mol. The van der Waals surface area contributed by atoms with E-state index in [2.05, 4.69) is 15.9 Å². The molecule has 0 fully saturated rings. The topological polar surface area (TPSA) is 50.1 Å². The Hall–Kier alpha value is -2.19. The number of ether oxygens (including phenoxy) is 1. The van der Waals surface area contributed by atoms with Gasteiger partial charge in [-0.3, -0.25) is 4.79 Å². The minimum absolute atomic E-state index is 0.0372. The molecule has 0 N–H and O–H groups in total. The number of hydrogen-bond donors (Lipinski definition) is 0. The van der Waals surface area contributed by atoms with Gasteiger partial charge in [-0.25, -0.2) is 4.39 Å². The van der Waals surface area contributed by atoms with E-state index in [9.17, 15) is 9.18 Å². The Balaban J connectivity index is 2.26. The van der Waals surface area contributed by atoms with Crippen molar-refractivity contribution in [1.29, 1.82) is 5.26 Å². The minimum atomic E-state index is -0.636. The molecule has 0 aliphatic heterocycles. The lowest BCUT2D eigenvalue weighted by Crippen LogP contribution is -1.89. The molecule has 0 saturated carbocycles. The lowest BCUT2D eigenvalue weighted by molar-refractivity contribution is 0.112. The Bertz CT molecular complexity index is 680. The predicted molar refractivity (Wildman–Crippen MR) is 70.7 cm³/mol. The molecule has 0 amide bonds. The zero-order valence-corrected chi connectivity index (χ0v) is 11.1. The van der Waals surface area contributed by atoms with E-state index < -0.39 is 5.82 Å². The van der Waals surface area contributed by atoms with E-state index >= 15 is 0 Å². The van der Waals surface area contributed by atoms with Crippen LogP contribution in [0, 0.1) is 17.1 Å². The van der Waals surface area contributed by atoms with E-state index in [4.69, 9.17) is 10.00 Å². The fraction of sp³-hybridized carbons (Fsp3) is 0. The van der Waals surface area contributed by atoms with Crippen LogP contribution in [0.3, 0.4) is 0 Å². The van der Waals surface area contributed by atoms with Crippen LogP contribution >= 0.6 is 15.9 Å². The van der Waals surface area contributed by atoms with Gasteiger partial charge in [-0.2, -0.15) is 5.26 Å². The van der Waals surface area contributed by atoms with Crippen molar-refractivity contribution in [1.82, 2.24) is 0 Å². The summed E-state index contributed by atoms with van der Waals surface area (Å²) in [6, 6.07) is 10.5. The highest BCUT2D eigenvalue weighted by atomic mass is 79.9. The number of benzene rings is 2. The molecule has 0 atom stereocenters. The number of aldehydes is 1. The SMILES string of the molecule is N#Cc1ccc(Oc2ccc(C=O)c(Br)c2)cc1F. The Morgan fingerprint density at radius 2 is 1.89 bits per heavy atom. The van der Waals surface area contributed by atoms with Crippen LogP contribution in [0.1, 0.15) is 15.9 Å². The third-order valence-electron chi connectivity index (χ3n) is 2.40. The van der Waals surface area contributed by atoms with Gasteiger partial charge in [0.05, 0.1) is 5.56 Å². The summed E-state index contributed by atoms with van der Waals surface area (Å²) in [7, 11) is 0. The summed E-state index contributed by atoms with van der Waals surface area (Å²) in [6.07, 6.45) is 0.718. The number of carbonyl (C=O) groups excluding carboxylic acids is 1. The first kappa shape index (κ1) is 13.2. The summed E-state index contributed by atoms with van der Waals surface area (Å²) < 4.78 is 19.4. The minimum Gasteiger partial charge on any atom is -0.457 e. The summed E-state index contributed by atoms with van der Waals surface area (Å²) in [5.41, 5.74) is 0.461. The molecule has 19 heavy (non-hydrogen) atoms. The van der Waals surface area contributed by atoms with Crippen LogP contribution < -0.4 is 4.74 Å². The lowest BCUT2D eigenvalue weighted by Gasteiger charge is -2.07. The van der Waals surface area contributed by atoms with Crippen molar-refractivity contribution in [3.63, 3.8) is 0 Å². The number of nitrogens with zero attached hydrogens (tertiary/aromatic N) is 1. The molecule has 0 unspecified atom stereocenters. The van der Waals surface area contributed by atoms with Gasteiger partial charge in [-0.15, -0.1) is 0 Å². The van der Waals surface area contributed by atoms with Crippen molar-refractivity contribution in [2.24, 2.45) is 0 Å². The number of hydrogen-bond acceptors (Lipinski definition) is 3. The maximum absolute atomic E-state index is 13.4. The second-order valence-electron chi connectivity index (χ2n) is 3.66. The molecule has 0 aromatic heterocycles. The van der Waals surface area contributed by atoms with Gasteiger partial charge >= 0.3 is 0 Å². The first-order chi connectivity index (χ1) is 9.13. The van der Waals surface area contributed by atoms with Crippen molar-refractivity contribution < 1.29 is 13.9 Å². The van der Waals surface area contributed by atoms with Crippen LogP contribution in [0.5, 0.6) is 11.5 Å².